The predicted octanol–water partition coefficient (Wildman–Crippen LogP) is 2.54. The summed E-state index contributed by atoms with van der Waals surface area (Å²) < 4.78 is 13.4. The molecule has 0 aliphatic rings. The van der Waals surface area contributed by atoms with Gasteiger partial charge in [-0.3, -0.25) is 4.79 Å². The lowest BCUT2D eigenvalue weighted by Gasteiger charge is -2.04. The van der Waals surface area contributed by atoms with Gasteiger partial charge in [-0.2, -0.15) is 0 Å². The van der Waals surface area contributed by atoms with E-state index in [2.05, 4.69) is 10.3 Å². The maximum absolute atomic E-state index is 13.4. The second-order valence-electron chi connectivity index (χ2n) is 3.71. The Kier molecular flexibility index (Phi) is 3.57. The molecule has 1 heterocycles. The molecular formula is C12H9FN2O3S. The van der Waals surface area contributed by atoms with Crippen LogP contribution in [0.15, 0.2) is 23.6 Å². The lowest BCUT2D eigenvalue weighted by Crippen LogP contribution is -2.13. The Balaban J connectivity index is 2.18. The summed E-state index contributed by atoms with van der Waals surface area (Å²) in [6.07, 6.45) is 0. The largest absolute Gasteiger partial charge is 0.478 e. The number of amides is 1. The number of aromatic carboxylic acids is 1. The Morgan fingerprint density at radius 3 is 2.68 bits per heavy atom. The fourth-order valence-corrected chi connectivity index (χ4v) is 2.02. The fraction of sp³-hybridized carbons (Fsp3) is 0.0833. The van der Waals surface area contributed by atoms with E-state index in [9.17, 15) is 14.0 Å². The third kappa shape index (κ3) is 2.94. The van der Waals surface area contributed by atoms with Gasteiger partial charge in [0.1, 0.15) is 11.5 Å². The van der Waals surface area contributed by atoms with Crippen LogP contribution in [0.2, 0.25) is 0 Å². The number of aromatic nitrogens is 1. The number of carbonyl (C=O) groups excluding carboxylic acids is 1. The van der Waals surface area contributed by atoms with Gasteiger partial charge >= 0.3 is 5.97 Å². The van der Waals surface area contributed by atoms with Gasteiger partial charge in [-0.1, -0.05) is 0 Å². The quantitative estimate of drug-likeness (QED) is 0.905. The smallest absolute Gasteiger partial charge is 0.338 e. The number of hydrogen-bond donors (Lipinski definition) is 2. The highest BCUT2D eigenvalue weighted by atomic mass is 32.1. The number of thiazole rings is 1. The fourth-order valence-electron chi connectivity index (χ4n) is 1.43. The van der Waals surface area contributed by atoms with Crippen molar-refractivity contribution in [2.24, 2.45) is 0 Å². The van der Waals surface area contributed by atoms with Crippen LogP contribution in [0, 0.1) is 12.7 Å². The first-order chi connectivity index (χ1) is 8.97. The van der Waals surface area contributed by atoms with Crippen LogP contribution in [-0.2, 0) is 0 Å². The number of hydrogen-bond acceptors (Lipinski definition) is 4. The number of rotatable bonds is 3. The Morgan fingerprint density at radius 1 is 1.42 bits per heavy atom. The van der Waals surface area contributed by atoms with E-state index in [0.717, 1.165) is 17.1 Å². The van der Waals surface area contributed by atoms with Crippen molar-refractivity contribution in [3.8, 4) is 0 Å². The molecule has 2 N–H and O–H groups in total. The van der Waals surface area contributed by atoms with Crippen molar-refractivity contribution in [3.05, 3.63) is 45.7 Å². The molecule has 2 aromatic rings. The lowest BCUT2D eigenvalue weighted by atomic mass is 10.2. The number of benzene rings is 1. The highest BCUT2D eigenvalue weighted by Gasteiger charge is 2.13. The van der Waals surface area contributed by atoms with Gasteiger partial charge in [0, 0.05) is 11.1 Å². The Hall–Kier alpha value is -2.28. The normalized spacial score (nSPS) is 10.2. The number of aryl methyl sites for hydroxylation is 1. The van der Waals surface area contributed by atoms with E-state index < -0.39 is 23.3 Å². The molecule has 0 aliphatic carbocycles. The SMILES string of the molecule is Cc1nc(C(=O)Nc2ccc(C(=O)O)c(F)c2)cs1. The number of anilines is 1. The van der Waals surface area contributed by atoms with Crippen LogP contribution in [0.1, 0.15) is 25.9 Å². The minimum Gasteiger partial charge on any atom is -0.478 e. The first-order valence-corrected chi connectivity index (χ1v) is 6.11. The Labute approximate surface area is 111 Å². The summed E-state index contributed by atoms with van der Waals surface area (Å²) >= 11 is 1.33. The van der Waals surface area contributed by atoms with Crippen molar-refractivity contribution in [1.82, 2.24) is 4.98 Å². The van der Waals surface area contributed by atoms with Crippen molar-refractivity contribution >= 4 is 28.9 Å². The first-order valence-electron chi connectivity index (χ1n) is 5.23. The molecule has 1 aromatic carbocycles. The minimum absolute atomic E-state index is 0.179. The Morgan fingerprint density at radius 2 is 2.16 bits per heavy atom. The molecule has 1 amide bonds. The molecule has 5 nitrogen and oxygen atoms in total. The highest BCUT2D eigenvalue weighted by Crippen LogP contribution is 2.16. The van der Waals surface area contributed by atoms with Crippen LogP contribution in [-0.4, -0.2) is 22.0 Å². The molecule has 0 saturated heterocycles. The third-order valence-electron chi connectivity index (χ3n) is 2.31. The first kappa shape index (κ1) is 13.2. The summed E-state index contributed by atoms with van der Waals surface area (Å²) in [4.78, 5) is 26.4. The van der Waals surface area contributed by atoms with Crippen LogP contribution < -0.4 is 5.32 Å². The highest BCUT2D eigenvalue weighted by molar-refractivity contribution is 7.09. The van der Waals surface area contributed by atoms with Gasteiger partial charge < -0.3 is 10.4 Å². The van der Waals surface area contributed by atoms with Gasteiger partial charge in [-0.05, 0) is 25.1 Å². The van der Waals surface area contributed by atoms with Crippen LogP contribution in [0.3, 0.4) is 0 Å². The minimum atomic E-state index is -1.36. The molecule has 0 radical (unpaired) electrons. The van der Waals surface area contributed by atoms with Crippen molar-refractivity contribution in [2.45, 2.75) is 6.92 Å². The van der Waals surface area contributed by atoms with Gasteiger partial charge in [0.2, 0.25) is 0 Å². The Bertz CT molecular complexity index is 654. The van der Waals surface area contributed by atoms with E-state index in [1.165, 1.54) is 17.4 Å². The number of nitrogens with zero attached hydrogens (tertiary/aromatic N) is 1. The maximum atomic E-state index is 13.4. The lowest BCUT2D eigenvalue weighted by molar-refractivity contribution is 0.0692. The molecule has 0 unspecified atom stereocenters. The number of halogens is 1. The summed E-state index contributed by atoms with van der Waals surface area (Å²) in [5.74, 6) is -2.72. The second kappa shape index (κ2) is 5.15. The summed E-state index contributed by atoms with van der Waals surface area (Å²) in [7, 11) is 0. The second-order valence-corrected chi connectivity index (χ2v) is 4.77. The number of carbonyl (C=O) groups is 2. The molecule has 0 aliphatic heterocycles. The van der Waals surface area contributed by atoms with Gasteiger partial charge in [-0.25, -0.2) is 14.2 Å². The zero-order valence-corrected chi connectivity index (χ0v) is 10.6. The van der Waals surface area contributed by atoms with E-state index in [4.69, 9.17) is 5.11 Å². The molecule has 7 heteroatoms. The summed E-state index contributed by atoms with van der Waals surface area (Å²) in [5, 5.41) is 13.5. The monoisotopic (exact) mass is 280 g/mol. The van der Waals surface area contributed by atoms with Gasteiger partial charge in [-0.15, -0.1) is 11.3 Å². The molecule has 0 spiro atoms. The van der Waals surface area contributed by atoms with E-state index in [-0.39, 0.29) is 11.4 Å². The molecular weight excluding hydrogens is 271 g/mol. The van der Waals surface area contributed by atoms with Gasteiger partial charge in [0.15, 0.2) is 0 Å². The van der Waals surface area contributed by atoms with Crippen LogP contribution >= 0.6 is 11.3 Å². The summed E-state index contributed by atoms with van der Waals surface area (Å²) in [5.41, 5.74) is -0.0223. The number of carboxylic acids is 1. The molecule has 0 atom stereocenters. The van der Waals surface area contributed by atoms with E-state index >= 15 is 0 Å². The molecule has 2 rings (SSSR count). The van der Waals surface area contributed by atoms with Crippen molar-refractivity contribution < 1.29 is 19.1 Å². The van der Waals surface area contributed by atoms with Crippen molar-refractivity contribution in [3.63, 3.8) is 0 Å². The maximum Gasteiger partial charge on any atom is 0.338 e. The molecule has 0 bridgehead atoms. The third-order valence-corrected chi connectivity index (χ3v) is 3.08. The van der Waals surface area contributed by atoms with Crippen LogP contribution in [0.25, 0.3) is 0 Å². The van der Waals surface area contributed by atoms with Gasteiger partial charge in [0.25, 0.3) is 5.91 Å². The molecule has 98 valence electrons. The summed E-state index contributed by atoms with van der Waals surface area (Å²) in [6, 6.07) is 3.38. The van der Waals surface area contributed by atoms with E-state index in [0.29, 0.717) is 0 Å². The van der Waals surface area contributed by atoms with Crippen LogP contribution in [0.5, 0.6) is 0 Å². The number of nitrogens with one attached hydrogen (secondary N) is 1. The van der Waals surface area contributed by atoms with Crippen molar-refractivity contribution in [2.75, 3.05) is 5.32 Å². The van der Waals surface area contributed by atoms with E-state index in [1.54, 1.807) is 12.3 Å². The molecule has 0 saturated carbocycles. The molecule has 19 heavy (non-hydrogen) atoms. The average molecular weight is 280 g/mol. The average Bonchev–Trinajstić information content (AvgIpc) is 2.75. The predicted molar refractivity (Wildman–Crippen MR) is 68.2 cm³/mol. The number of carboxylic acid groups (broad SMARTS) is 1. The standard InChI is InChI=1S/C12H9FN2O3S/c1-6-14-10(5-19-6)11(16)15-7-2-3-8(12(17)18)9(13)4-7/h2-5H,1H3,(H,15,16)(H,17,18). The van der Waals surface area contributed by atoms with Crippen molar-refractivity contribution in [1.29, 1.82) is 0 Å². The topological polar surface area (TPSA) is 79.3 Å². The summed E-state index contributed by atoms with van der Waals surface area (Å²) in [6.45, 7) is 1.77. The zero-order chi connectivity index (χ0) is 14.0. The zero-order valence-electron chi connectivity index (χ0n) is 9.81. The van der Waals surface area contributed by atoms with Gasteiger partial charge in [0.05, 0.1) is 10.6 Å². The molecule has 1 aromatic heterocycles. The van der Waals surface area contributed by atoms with E-state index in [1.807, 2.05) is 0 Å². The van der Waals surface area contributed by atoms with Crippen LogP contribution in [0.4, 0.5) is 10.1 Å². The molecule has 0 fully saturated rings.